The average Bonchev–Trinajstić information content (AvgIpc) is 2.74. The van der Waals surface area contributed by atoms with Crippen molar-refractivity contribution in [2.24, 2.45) is 5.10 Å². The first-order valence-corrected chi connectivity index (χ1v) is 8.69. The number of carbonyl (C=O) groups is 2. The van der Waals surface area contributed by atoms with Crippen LogP contribution in [-0.4, -0.2) is 25.1 Å². The highest BCUT2D eigenvalue weighted by Crippen LogP contribution is 2.13. The van der Waals surface area contributed by atoms with Gasteiger partial charge in [-0.15, -0.1) is 0 Å². The van der Waals surface area contributed by atoms with Crippen LogP contribution in [0, 0.1) is 5.82 Å². The molecule has 0 aliphatic carbocycles. The van der Waals surface area contributed by atoms with Crippen molar-refractivity contribution < 1.29 is 18.7 Å². The van der Waals surface area contributed by atoms with Crippen LogP contribution in [0.25, 0.3) is 0 Å². The Bertz CT molecular complexity index is 1050. The van der Waals surface area contributed by atoms with Crippen molar-refractivity contribution in [2.45, 2.75) is 0 Å². The van der Waals surface area contributed by atoms with Crippen LogP contribution in [0.4, 0.5) is 10.1 Å². The molecule has 0 atom stereocenters. The number of hydrogen-bond acceptors (Lipinski definition) is 4. The lowest BCUT2D eigenvalue weighted by atomic mass is 10.1. The maximum Gasteiger partial charge on any atom is 0.271 e. The van der Waals surface area contributed by atoms with Gasteiger partial charge in [-0.25, -0.2) is 9.82 Å². The van der Waals surface area contributed by atoms with Crippen LogP contribution in [0.15, 0.2) is 77.9 Å². The number of amides is 2. The van der Waals surface area contributed by atoms with Crippen LogP contribution in [0.2, 0.25) is 0 Å². The largest absolute Gasteiger partial charge is 0.497 e. The van der Waals surface area contributed by atoms with Crippen LogP contribution >= 0.6 is 0 Å². The zero-order valence-corrected chi connectivity index (χ0v) is 15.6. The van der Waals surface area contributed by atoms with Crippen molar-refractivity contribution >= 4 is 23.7 Å². The summed E-state index contributed by atoms with van der Waals surface area (Å²) in [5.41, 5.74) is 4.27. The molecule has 0 saturated carbocycles. The van der Waals surface area contributed by atoms with Gasteiger partial charge in [0.25, 0.3) is 11.8 Å². The quantitative estimate of drug-likeness (QED) is 0.495. The Morgan fingerprint density at radius 1 is 0.931 bits per heavy atom. The van der Waals surface area contributed by atoms with Crippen molar-refractivity contribution in [3.63, 3.8) is 0 Å². The lowest BCUT2D eigenvalue weighted by molar-refractivity contribution is 0.0953. The van der Waals surface area contributed by atoms with Gasteiger partial charge in [-0.3, -0.25) is 9.59 Å². The first kappa shape index (κ1) is 19.8. The molecule has 0 bridgehead atoms. The van der Waals surface area contributed by atoms with Gasteiger partial charge in [0, 0.05) is 16.8 Å². The molecule has 3 rings (SSSR count). The molecule has 3 aromatic carbocycles. The second kappa shape index (κ2) is 9.27. The molecule has 0 fully saturated rings. The number of halogens is 1. The van der Waals surface area contributed by atoms with Crippen LogP contribution in [0.1, 0.15) is 26.3 Å². The number of rotatable bonds is 6. The first-order valence-electron chi connectivity index (χ1n) is 8.69. The minimum absolute atomic E-state index is 0.309. The summed E-state index contributed by atoms with van der Waals surface area (Å²) in [4.78, 5) is 24.5. The Morgan fingerprint density at radius 2 is 1.69 bits per heavy atom. The van der Waals surface area contributed by atoms with E-state index in [-0.39, 0.29) is 0 Å². The van der Waals surface area contributed by atoms with E-state index in [1.165, 1.54) is 36.5 Å². The predicted octanol–water partition coefficient (Wildman–Crippen LogP) is 3.85. The number of hydrogen-bond donors (Lipinski definition) is 2. The van der Waals surface area contributed by atoms with E-state index in [1.807, 2.05) is 18.2 Å². The monoisotopic (exact) mass is 391 g/mol. The van der Waals surface area contributed by atoms with Gasteiger partial charge in [-0.05, 0) is 60.2 Å². The highest BCUT2D eigenvalue weighted by Gasteiger charge is 2.09. The Kier molecular flexibility index (Phi) is 6.32. The van der Waals surface area contributed by atoms with Crippen molar-refractivity contribution in [3.05, 3.63) is 95.3 Å². The number of benzene rings is 3. The molecule has 6 nitrogen and oxygen atoms in total. The molecule has 0 aromatic heterocycles. The summed E-state index contributed by atoms with van der Waals surface area (Å²) in [6.07, 6.45) is 1.50. The summed E-state index contributed by atoms with van der Waals surface area (Å²) in [5.74, 6) is -0.569. The smallest absolute Gasteiger partial charge is 0.271 e. The molecule has 146 valence electrons. The lowest BCUT2D eigenvalue weighted by Gasteiger charge is -2.07. The van der Waals surface area contributed by atoms with E-state index in [1.54, 1.807) is 31.4 Å². The molecule has 0 radical (unpaired) electrons. The fourth-order valence-corrected chi connectivity index (χ4v) is 2.49. The number of carbonyl (C=O) groups excluding carboxylic acids is 2. The molecule has 2 amide bonds. The normalized spacial score (nSPS) is 10.6. The number of hydrazone groups is 1. The molecule has 3 aromatic rings. The third kappa shape index (κ3) is 5.49. The topological polar surface area (TPSA) is 79.8 Å². The van der Waals surface area contributed by atoms with Crippen LogP contribution in [0.5, 0.6) is 5.75 Å². The van der Waals surface area contributed by atoms with Gasteiger partial charge in [0.2, 0.25) is 0 Å². The van der Waals surface area contributed by atoms with Gasteiger partial charge in [0.15, 0.2) is 0 Å². The predicted molar refractivity (Wildman–Crippen MR) is 109 cm³/mol. The fourth-order valence-electron chi connectivity index (χ4n) is 2.49. The summed E-state index contributed by atoms with van der Waals surface area (Å²) in [7, 11) is 1.57. The zero-order valence-electron chi connectivity index (χ0n) is 15.6. The number of nitrogens with zero attached hydrogens (tertiary/aromatic N) is 1. The standard InChI is InChI=1S/C22H18FN3O3/c1-29-20-7-2-4-15(12-20)14-24-26-22(28)17-5-3-6-19(13-17)25-21(27)16-8-10-18(23)11-9-16/h2-14H,1H3,(H,25,27)(H,26,28)/b24-14+. The molecule has 7 heteroatoms. The van der Waals surface area contributed by atoms with Crippen LogP contribution in [0.3, 0.4) is 0 Å². The summed E-state index contributed by atoms with van der Waals surface area (Å²) < 4.78 is 18.1. The number of methoxy groups -OCH3 is 1. The SMILES string of the molecule is COc1cccc(/C=N/NC(=O)c2cccc(NC(=O)c3ccc(F)cc3)c2)c1. The minimum Gasteiger partial charge on any atom is -0.497 e. The van der Waals surface area contributed by atoms with Gasteiger partial charge in [0.05, 0.1) is 13.3 Å². The summed E-state index contributed by atoms with van der Waals surface area (Å²) in [6.45, 7) is 0. The van der Waals surface area contributed by atoms with Crippen molar-refractivity contribution in [1.82, 2.24) is 5.43 Å². The second-order valence-corrected chi connectivity index (χ2v) is 6.02. The average molecular weight is 391 g/mol. The van der Waals surface area contributed by atoms with Crippen molar-refractivity contribution in [1.29, 1.82) is 0 Å². The van der Waals surface area contributed by atoms with Crippen LogP contribution < -0.4 is 15.5 Å². The van der Waals surface area contributed by atoms with E-state index in [2.05, 4.69) is 15.8 Å². The highest BCUT2D eigenvalue weighted by molar-refractivity contribution is 6.05. The number of nitrogens with one attached hydrogen (secondary N) is 2. The Hall–Kier alpha value is -4.00. The van der Waals surface area contributed by atoms with E-state index < -0.39 is 17.6 Å². The molecule has 2 N–H and O–H groups in total. The van der Waals surface area contributed by atoms with Gasteiger partial charge >= 0.3 is 0 Å². The third-order valence-corrected chi connectivity index (χ3v) is 3.96. The Balaban J connectivity index is 1.63. The molecule has 0 unspecified atom stereocenters. The van der Waals surface area contributed by atoms with Gasteiger partial charge in [0.1, 0.15) is 11.6 Å². The molecular weight excluding hydrogens is 373 g/mol. The third-order valence-electron chi connectivity index (χ3n) is 3.96. The summed E-state index contributed by atoms with van der Waals surface area (Å²) >= 11 is 0. The van der Waals surface area contributed by atoms with E-state index in [9.17, 15) is 14.0 Å². The number of ether oxygens (including phenoxy) is 1. The molecule has 0 heterocycles. The molecule has 0 saturated heterocycles. The zero-order chi connectivity index (χ0) is 20.6. The van der Waals surface area contributed by atoms with E-state index in [4.69, 9.17) is 4.74 Å². The van der Waals surface area contributed by atoms with E-state index >= 15 is 0 Å². The second-order valence-electron chi connectivity index (χ2n) is 6.02. The van der Waals surface area contributed by atoms with Crippen molar-refractivity contribution in [2.75, 3.05) is 12.4 Å². The summed E-state index contributed by atoms with van der Waals surface area (Å²) in [6, 6.07) is 18.8. The summed E-state index contributed by atoms with van der Waals surface area (Å²) in [5, 5.41) is 6.61. The van der Waals surface area contributed by atoms with Gasteiger partial charge in [-0.1, -0.05) is 18.2 Å². The Morgan fingerprint density at radius 3 is 2.45 bits per heavy atom. The fraction of sp³-hybridized carbons (Fsp3) is 0.0455. The molecule has 0 aliphatic rings. The molecular formula is C22H18FN3O3. The number of anilines is 1. The maximum atomic E-state index is 13.0. The maximum absolute atomic E-state index is 13.0. The molecule has 0 spiro atoms. The molecule has 29 heavy (non-hydrogen) atoms. The highest BCUT2D eigenvalue weighted by atomic mass is 19.1. The Labute approximate surface area is 167 Å². The van der Waals surface area contributed by atoms with Gasteiger partial charge < -0.3 is 10.1 Å². The first-order chi connectivity index (χ1) is 14.0. The molecule has 0 aliphatic heterocycles. The van der Waals surface area contributed by atoms with Crippen molar-refractivity contribution in [3.8, 4) is 5.75 Å². The lowest BCUT2D eigenvalue weighted by Crippen LogP contribution is -2.18. The van der Waals surface area contributed by atoms with Crippen LogP contribution in [-0.2, 0) is 0 Å². The van der Waals surface area contributed by atoms with E-state index in [0.29, 0.717) is 22.6 Å². The van der Waals surface area contributed by atoms with E-state index in [0.717, 1.165) is 5.56 Å². The van der Waals surface area contributed by atoms with Gasteiger partial charge in [-0.2, -0.15) is 5.10 Å². The minimum atomic E-state index is -0.429.